The van der Waals surface area contributed by atoms with Gasteiger partial charge in [-0.05, 0) is 43.0 Å². The number of benzene rings is 1. The molecule has 0 aliphatic heterocycles. The summed E-state index contributed by atoms with van der Waals surface area (Å²) >= 11 is 1.70. The van der Waals surface area contributed by atoms with Gasteiger partial charge in [0.2, 0.25) is 0 Å². The Labute approximate surface area is 116 Å². The topological polar surface area (TPSA) is 43.8 Å². The highest BCUT2D eigenvalue weighted by molar-refractivity contribution is 7.09. The minimum atomic E-state index is 0.692. The third kappa shape index (κ3) is 2.55. The van der Waals surface area contributed by atoms with Crippen LogP contribution in [0.5, 0.6) is 0 Å². The molecule has 3 nitrogen and oxygen atoms in total. The molecule has 0 saturated heterocycles. The second kappa shape index (κ2) is 5.15. The molecule has 0 saturated carbocycles. The highest BCUT2D eigenvalue weighted by Gasteiger charge is 2.05. The predicted octanol–water partition coefficient (Wildman–Crippen LogP) is 2.96. The van der Waals surface area contributed by atoms with Crippen molar-refractivity contribution in [1.82, 2.24) is 9.55 Å². The molecule has 0 radical (unpaired) electrons. The minimum Gasteiger partial charge on any atom is -0.341 e. The van der Waals surface area contributed by atoms with Crippen molar-refractivity contribution in [3.05, 3.63) is 52.1 Å². The lowest BCUT2D eigenvalue weighted by Crippen LogP contribution is -2.03. The van der Waals surface area contributed by atoms with Crippen LogP contribution >= 0.6 is 11.3 Å². The number of hydrogen-bond acceptors (Lipinski definition) is 3. The molecule has 0 amide bonds. The van der Waals surface area contributed by atoms with E-state index in [9.17, 15) is 0 Å². The summed E-state index contributed by atoms with van der Waals surface area (Å²) in [5, 5.41) is 4.52. The largest absolute Gasteiger partial charge is 0.341 e. The Kier molecular flexibility index (Phi) is 3.36. The van der Waals surface area contributed by atoms with Gasteiger partial charge in [0.25, 0.3) is 0 Å². The maximum atomic E-state index is 5.63. The van der Waals surface area contributed by atoms with Crippen molar-refractivity contribution < 1.29 is 0 Å². The van der Waals surface area contributed by atoms with Gasteiger partial charge < -0.3 is 10.3 Å². The Bertz CT molecular complexity index is 696. The molecule has 1 aromatic carbocycles. The van der Waals surface area contributed by atoms with E-state index < -0.39 is 0 Å². The highest BCUT2D eigenvalue weighted by Crippen LogP contribution is 2.20. The molecular weight excluding hydrogens is 254 g/mol. The zero-order valence-corrected chi connectivity index (χ0v) is 11.8. The molecule has 19 heavy (non-hydrogen) atoms. The van der Waals surface area contributed by atoms with Crippen molar-refractivity contribution in [2.24, 2.45) is 5.73 Å². The van der Waals surface area contributed by atoms with Crippen molar-refractivity contribution in [2.75, 3.05) is 6.54 Å². The van der Waals surface area contributed by atoms with E-state index in [0.717, 1.165) is 23.7 Å². The normalized spacial score (nSPS) is 11.3. The minimum absolute atomic E-state index is 0.692. The second-order valence-electron chi connectivity index (χ2n) is 4.73. The Hall–Kier alpha value is -1.65. The van der Waals surface area contributed by atoms with Crippen LogP contribution in [0.25, 0.3) is 10.9 Å². The van der Waals surface area contributed by atoms with E-state index in [1.165, 1.54) is 16.5 Å². The molecule has 0 aliphatic carbocycles. The van der Waals surface area contributed by atoms with E-state index in [2.05, 4.69) is 45.4 Å². The third-order valence-corrected chi connectivity index (χ3v) is 4.09. The summed E-state index contributed by atoms with van der Waals surface area (Å²) in [5.41, 5.74) is 9.31. The van der Waals surface area contributed by atoms with Crippen LogP contribution in [-0.2, 0) is 13.0 Å². The fourth-order valence-electron chi connectivity index (χ4n) is 2.34. The molecule has 2 aromatic heterocycles. The van der Waals surface area contributed by atoms with Crippen LogP contribution in [-0.4, -0.2) is 16.1 Å². The highest BCUT2D eigenvalue weighted by atomic mass is 32.1. The van der Waals surface area contributed by atoms with E-state index in [-0.39, 0.29) is 0 Å². The molecule has 0 spiro atoms. The number of nitrogens with two attached hydrogens (primary N) is 1. The van der Waals surface area contributed by atoms with Gasteiger partial charge in [-0.25, -0.2) is 4.98 Å². The molecular formula is C15H17N3S. The zero-order chi connectivity index (χ0) is 13.2. The van der Waals surface area contributed by atoms with Crippen LogP contribution < -0.4 is 5.73 Å². The van der Waals surface area contributed by atoms with Crippen molar-refractivity contribution >= 4 is 22.2 Å². The quantitative estimate of drug-likeness (QED) is 0.793. The molecule has 0 aliphatic rings. The van der Waals surface area contributed by atoms with Gasteiger partial charge in [0.05, 0.1) is 17.2 Å². The van der Waals surface area contributed by atoms with Crippen LogP contribution in [0.15, 0.2) is 35.8 Å². The fourth-order valence-corrected chi connectivity index (χ4v) is 2.95. The molecule has 4 heteroatoms. The van der Waals surface area contributed by atoms with Crippen molar-refractivity contribution in [2.45, 2.75) is 19.9 Å². The third-order valence-electron chi connectivity index (χ3n) is 3.27. The van der Waals surface area contributed by atoms with E-state index in [0.29, 0.717) is 6.54 Å². The van der Waals surface area contributed by atoms with Gasteiger partial charge in [-0.3, -0.25) is 0 Å². The average Bonchev–Trinajstić information content (AvgIpc) is 2.98. The first-order valence-corrected chi connectivity index (χ1v) is 7.33. The molecule has 2 N–H and O–H groups in total. The number of aromatic nitrogens is 2. The summed E-state index contributed by atoms with van der Waals surface area (Å²) in [7, 11) is 0. The smallest absolute Gasteiger partial charge is 0.0898 e. The van der Waals surface area contributed by atoms with Gasteiger partial charge in [-0.1, -0.05) is 12.1 Å². The van der Waals surface area contributed by atoms with Crippen molar-refractivity contribution in [3.63, 3.8) is 0 Å². The summed E-state index contributed by atoms with van der Waals surface area (Å²) in [6.45, 7) is 3.57. The Balaban J connectivity index is 1.96. The van der Waals surface area contributed by atoms with Crippen LogP contribution in [0.4, 0.5) is 0 Å². The number of aryl methyl sites for hydroxylation is 1. The maximum absolute atomic E-state index is 5.63. The summed E-state index contributed by atoms with van der Waals surface area (Å²) in [5.74, 6) is 0. The van der Waals surface area contributed by atoms with Gasteiger partial charge in [-0.15, -0.1) is 11.3 Å². The lowest BCUT2D eigenvalue weighted by molar-refractivity contribution is 0.810. The Morgan fingerprint density at radius 1 is 1.32 bits per heavy atom. The lowest BCUT2D eigenvalue weighted by Gasteiger charge is -2.05. The summed E-state index contributed by atoms with van der Waals surface area (Å²) in [6.07, 6.45) is 3.06. The molecule has 98 valence electrons. The first-order valence-electron chi connectivity index (χ1n) is 6.45. The zero-order valence-electron chi connectivity index (χ0n) is 11.0. The van der Waals surface area contributed by atoms with Crippen LogP contribution in [0.2, 0.25) is 0 Å². The molecule has 3 rings (SSSR count). The molecule has 2 heterocycles. The average molecular weight is 271 g/mol. The van der Waals surface area contributed by atoms with E-state index in [1.54, 1.807) is 11.3 Å². The van der Waals surface area contributed by atoms with Gasteiger partial charge in [0.15, 0.2) is 0 Å². The van der Waals surface area contributed by atoms with Gasteiger partial charge in [-0.2, -0.15) is 0 Å². The first kappa shape index (κ1) is 12.4. The summed E-state index contributed by atoms with van der Waals surface area (Å²) in [4.78, 5) is 4.53. The Morgan fingerprint density at radius 3 is 2.95 bits per heavy atom. The van der Waals surface area contributed by atoms with Crippen molar-refractivity contribution in [3.8, 4) is 0 Å². The number of fused-ring (bicyclic) bond motifs is 1. The first-order chi connectivity index (χ1) is 9.26. The number of nitrogens with zero attached hydrogens (tertiary/aromatic N) is 2. The Morgan fingerprint density at radius 2 is 2.21 bits per heavy atom. The SMILES string of the molecule is Cc1nc(Cn2ccc3ccc(CCN)cc32)cs1. The number of thiazole rings is 1. The molecule has 3 aromatic rings. The van der Waals surface area contributed by atoms with Gasteiger partial charge in [0, 0.05) is 17.1 Å². The summed E-state index contributed by atoms with van der Waals surface area (Å²) in [6, 6.07) is 8.72. The van der Waals surface area contributed by atoms with E-state index in [1.807, 2.05) is 6.92 Å². The van der Waals surface area contributed by atoms with Crippen LogP contribution in [0.3, 0.4) is 0 Å². The molecule has 0 bridgehead atoms. The molecule has 0 atom stereocenters. The second-order valence-corrected chi connectivity index (χ2v) is 5.80. The van der Waals surface area contributed by atoms with Crippen LogP contribution in [0, 0.1) is 6.92 Å². The van der Waals surface area contributed by atoms with E-state index >= 15 is 0 Å². The van der Waals surface area contributed by atoms with Crippen molar-refractivity contribution in [1.29, 1.82) is 0 Å². The molecule has 0 unspecified atom stereocenters. The maximum Gasteiger partial charge on any atom is 0.0898 e. The predicted molar refractivity (Wildman–Crippen MR) is 80.6 cm³/mol. The fraction of sp³-hybridized carbons (Fsp3) is 0.267. The number of rotatable bonds is 4. The molecule has 0 fully saturated rings. The van der Waals surface area contributed by atoms with Crippen LogP contribution in [0.1, 0.15) is 16.3 Å². The van der Waals surface area contributed by atoms with Gasteiger partial charge >= 0.3 is 0 Å². The lowest BCUT2D eigenvalue weighted by atomic mass is 10.1. The number of hydrogen-bond donors (Lipinski definition) is 1. The summed E-state index contributed by atoms with van der Waals surface area (Å²) < 4.78 is 2.25. The standard InChI is InChI=1S/C15H17N3S/c1-11-17-14(10-19-11)9-18-7-5-13-3-2-12(4-6-16)8-15(13)18/h2-3,5,7-8,10H,4,6,9,16H2,1H3. The van der Waals surface area contributed by atoms with E-state index in [4.69, 9.17) is 5.73 Å². The van der Waals surface area contributed by atoms with Gasteiger partial charge in [0.1, 0.15) is 0 Å². The monoisotopic (exact) mass is 271 g/mol.